The molecule has 3 heteroatoms. The Bertz CT molecular complexity index is 409. The first-order chi connectivity index (χ1) is 9.22. The molecule has 1 aliphatic rings. The van der Waals surface area contributed by atoms with Crippen LogP contribution in [0.4, 0.5) is 0 Å². The molecule has 0 spiro atoms. The zero-order valence-electron chi connectivity index (χ0n) is 11.6. The van der Waals surface area contributed by atoms with Gasteiger partial charge in [0.15, 0.2) is 5.78 Å². The summed E-state index contributed by atoms with van der Waals surface area (Å²) in [4.78, 5) is 15.0. The lowest BCUT2D eigenvalue weighted by molar-refractivity contribution is 0.0835. The van der Waals surface area contributed by atoms with Gasteiger partial charge in [0.2, 0.25) is 0 Å². The second kappa shape index (κ2) is 7.06. The third kappa shape index (κ3) is 3.80. The summed E-state index contributed by atoms with van der Waals surface area (Å²) in [5, 5.41) is 0.683. The van der Waals surface area contributed by atoms with Crippen molar-refractivity contribution in [1.29, 1.82) is 0 Å². The Kier molecular flexibility index (Phi) is 5.41. The fraction of sp³-hybridized carbons (Fsp3) is 0.562. The Morgan fingerprint density at radius 1 is 1.26 bits per heavy atom. The summed E-state index contributed by atoms with van der Waals surface area (Å²) in [7, 11) is 0. The van der Waals surface area contributed by atoms with Crippen LogP contribution >= 0.6 is 11.6 Å². The Labute approximate surface area is 120 Å². The molecule has 0 aromatic heterocycles. The molecule has 1 aromatic rings. The predicted octanol–water partition coefficient (Wildman–Crippen LogP) is 4.18. The summed E-state index contributed by atoms with van der Waals surface area (Å²) in [5.41, 5.74) is 0.789. The lowest BCUT2D eigenvalue weighted by atomic mass is 9.98. The van der Waals surface area contributed by atoms with E-state index in [0.29, 0.717) is 5.02 Å². The summed E-state index contributed by atoms with van der Waals surface area (Å²) in [6.45, 7) is 4.30. The second-order valence-corrected chi connectivity index (χ2v) is 5.71. The molecule has 0 N–H and O–H groups in total. The number of ketones is 1. The van der Waals surface area contributed by atoms with Gasteiger partial charge in [0.05, 0.1) is 6.04 Å². The smallest absolute Gasteiger partial charge is 0.179 e. The van der Waals surface area contributed by atoms with Gasteiger partial charge in [0.25, 0.3) is 0 Å². The summed E-state index contributed by atoms with van der Waals surface area (Å²) in [6.07, 6.45) is 5.66. The van der Waals surface area contributed by atoms with Gasteiger partial charge in [-0.25, -0.2) is 0 Å². The summed E-state index contributed by atoms with van der Waals surface area (Å²) in [5.74, 6) is 0.256. The SMILES string of the molecule is CCCCC(C(=O)c1ccc(Cl)cc1)N1CCCC1. The Balaban J connectivity index is 2.11. The number of rotatable bonds is 6. The van der Waals surface area contributed by atoms with E-state index in [4.69, 9.17) is 11.6 Å². The summed E-state index contributed by atoms with van der Waals surface area (Å²) >= 11 is 5.88. The fourth-order valence-electron chi connectivity index (χ4n) is 2.74. The molecule has 2 rings (SSSR count). The van der Waals surface area contributed by atoms with Gasteiger partial charge in [-0.1, -0.05) is 31.4 Å². The Morgan fingerprint density at radius 2 is 1.89 bits per heavy atom. The van der Waals surface area contributed by atoms with Gasteiger partial charge in [-0.3, -0.25) is 9.69 Å². The number of hydrogen-bond acceptors (Lipinski definition) is 2. The highest BCUT2D eigenvalue weighted by atomic mass is 35.5. The molecular weight excluding hydrogens is 258 g/mol. The van der Waals surface area contributed by atoms with Crippen LogP contribution in [0.2, 0.25) is 5.02 Å². The largest absolute Gasteiger partial charge is 0.293 e. The van der Waals surface area contributed by atoms with Gasteiger partial charge in [-0.05, 0) is 56.6 Å². The monoisotopic (exact) mass is 279 g/mol. The van der Waals surface area contributed by atoms with Gasteiger partial charge in [-0.2, -0.15) is 0 Å². The van der Waals surface area contributed by atoms with Crippen molar-refractivity contribution in [2.24, 2.45) is 0 Å². The third-order valence-electron chi connectivity index (χ3n) is 3.84. The summed E-state index contributed by atoms with van der Waals surface area (Å²) in [6, 6.07) is 7.36. The molecule has 0 bridgehead atoms. The van der Waals surface area contributed by atoms with Crippen LogP contribution in [0.15, 0.2) is 24.3 Å². The zero-order valence-corrected chi connectivity index (χ0v) is 12.3. The van der Waals surface area contributed by atoms with E-state index in [1.165, 1.54) is 12.8 Å². The fourth-order valence-corrected chi connectivity index (χ4v) is 2.86. The third-order valence-corrected chi connectivity index (χ3v) is 4.10. The molecule has 0 amide bonds. The maximum Gasteiger partial charge on any atom is 0.179 e. The molecule has 1 fully saturated rings. The van der Waals surface area contributed by atoms with Crippen LogP contribution in [-0.4, -0.2) is 29.8 Å². The van der Waals surface area contributed by atoms with Crippen molar-refractivity contribution in [3.05, 3.63) is 34.9 Å². The lowest BCUT2D eigenvalue weighted by Crippen LogP contribution is -2.39. The quantitative estimate of drug-likeness (QED) is 0.728. The van der Waals surface area contributed by atoms with Crippen LogP contribution in [0, 0.1) is 0 Å². The van der Waals surface area contributed by atoms with E-state index >= 15 is 0 Å². The molecule has 19 heavy (non-hydrogen) atoms. The minimum absolute atomic E-state index is 0.0589. The first kappa shape index (κ1) is 14.5. The van der Waals surface area contributed by atoms with E-state index in [2.05, 4.69) is 11.8 Å². The molecule has 1 atom stereocenters. The second-order valence-electron chi connectivity index (χ2n) is 5.27. The van der Waals surface area contributed by atoms with E-state index < -0.39 is 0 Å². The minimum atomic E-state index is 0.0589. The van der Waals surface area contributed by atoms with Crippen molar-refractivity contribution in [2.75, 3.05) is 13.1 Å². The minimum Gasteiger partial charge on any atom is -0.293 e. The highest BCUT2D eigenvalue weighted by molar-refractivity contribution is 6.30. The Morgan fingerprint density at radius 3 is 2.47 bits per heavy atom. The molecule has 0 aliphatic carbocycles. The van der Waals surface area contributed by atoms with Crippen molar-refractivity contribution >= 4 is 17.4 Å². The average molecular weight is 280 g/mol. The first-order valence-electron chi connectivity index (χ1n) is 7.26. The number of unbranched alkanes of at least 4 members (excludes halogenated alkanes) is 1. The number of Topliss-reactive ketones (excluding diaryl/α,β-unsaturated/α-hetero) is 1. The number of carbonyl (C=O) groups excluding carboxylic acids is 1. The van der Waals surface area contributed by atoms with Gasteiger partial charge < -0.3 is 0 Å². The van der Waals surface area contributed by atoms with Crippen molar-refractivity contribution in [1.82, 2.24) is 4.90 Å². The lowest BCUT2D eigenvalue weighted by Gasteiger charge is -2.26. The number of carbonyl (C=O) groups is 1. The van der Waals surface area contributed by atoms with Crippen LogP contribution in [0.3, 0.4) is 0 Å². The van der Waals surface area contributed by atoms with Crippen molar-refractivity contribution in [3.8, 4) is 0 Å². The van der Waals surface area contributed by atoms with Crippen LogP contribution in [0.1, 0.15) is 49.4 Å². The Hall–Kier alpha value is -0.860. The first-order valence-corrected chi connectivity index (χ1v) is 7.64. The predicted molar refractivity (Wildman–Crippen MR) is 79.9 cm³/mol. The molecule has 0 radical (unpaired) electrons. The van der Waals surface area contributed by atoms with Gasteiger partial charge in [0, 0.05) is 10.6 Å². The molecule has 1 aromatic carbocycles. The van der Waals surface area contributed by atoms with E-state index in [-0.39, 0.29) is 11.8 Å². The maximum absolute atomic E-state index is 12.7. The van der Waals surface area contributed by atoms with Crippen molar-refractivity contribution < 1.29 is 4.79 Å². The van der Waals surface area contributed by atoms with Crippen LogP contribution in [-0.2, 0) is 0 Å². The van der Waals surface area contributed by atoms with Crippen LogP contribution in [0.25, 0.3) is 0 Å². The standard InChI is InChI=1S/C16H22ClNO/c1-2-3-6-15(18-11-4-5-12-18)16(19)13-7-9-14(17)10-8-13/h7-10,15H,2-6,11-12H2,1H3. The van der Waals surface area contributed by atoms with E-state index in [0.717, 1.165) is 37.9 Å². The van der Waals surface area contributed by atoms with Gasteiger partial charge in [0.1, 0.15) is 0 Å². The van der Waals surface area contributed by atoms with Crippen molar-refractivity contribution in [2.45, 2.75) is 45.1 Å². The summed E-state index contributed by atoms with van der Waals surface area (Å²) < 4.78 is 0. The molecule has 2 nitrogen and oxygen atoms in total. The van der Waals surface area contributed by atoms with Crippen LogP contribution in [0.5, 0.6) is 0 Å². The van der Waals surface area contributed by atoms with Gasteiger partial charge >= 0.3 is 0 Å². The van der Waals surface area contributed by atoms with E-state index in [9.17, 15) is 4.79 Å². The normalized spacial score (nSPS) is 17.6. The highest BCUT2D eigenvalue weighted by Crippen LogP contribution is 2.21. The molecular formula is C16H22ClNO. The number of nitrogens with zero attached hydrogens (tertiary/aromatic N) is 1. The van der Waals surface area contributed by atoms with Crippen molar-refractivity contribution in [3.63, 3.8) is 0 Å². The number of likely N-dealkylation sites (tertiary alicyclic amines) is 1. The van der Waals surface area contributed by atoms with E-state index in [1.807, 2.05) is 12.1 Å². The molecule has 1 unspecified atom stereocenters. The van der Waals surface area contributed by atoms with Gasteiger partial charge in [-0.15, -0.1) is 0 Å². The number of hydrogen-bond donors (Lipinski definition) is 0. The molecule has 1 heterocycles. The molecule has 1 saturated heterocycles. The topological polar surface area (TPSA) is 20.3 Å². The molecule has 104 valence electrons. The number of halogens is 1. The zero-order chi connectivity index (χ0) is 13.7. The van der Waals surface area contributed by atoms with E-state index in [1.54, 1.807) is 12.1 Å². The average Bonchev–Trinajstić information content (AvgIpc) is 2.94. The molecule has 0 saturated carbocycles. The highest BCUT2D eigenvalue weighted by Gasteiger charge is 2.28. The maximum atomic E-state index is 12.7. The van der Waals surface area contributed by atoms with Crippen LogP contribution < -0.4 is 0 Å². The molecule has 1 aliphatic heterocycles. The number of benzene rings is 1.